The summed E-state index contributed by atoms with van der Waals surface area (Å²) >= 11 is 0. The van der Waals surface area contributed by atoms with Crippen LogP contribution in [0, 0.1) is 5.92 Å². The maximum atomic E-state index is 12.0. The molecule has 0 saturated heterocycles. The minimum Gasteiger partial charge on any atom is -0.366 e. The lowest BCUT2D eigenvalue weighted by Gasteiger charge is -2.17. The van der Waals surface area contributed by atoms with Gasteiger partial charge in [0.1, 0.15) is 0 Å². The molecule has 0 bridgehead atoms. The maximum Gasteiger partial charge on any atom is 0.356 e. The predicted molar refractivity (Wildman–Crippen MR) is 81.7 cm³/mol. The minimum atomic E-state index is -0.325. The molecule has 0 amide bonds. The van der Waals surface area contributed by atoms with Crippen molar-refractivity contribution in [3.05, 3.63) is 71.8 Å². The molecule has 0 unspecified atom stereocenters. The molecule has 1 saturated carbocycles. The van der Waals surface area contributed by atoms with Gasteiger partial charge in [-0.2, -0.15) is 0 Å². The second-order valence-electron chi connectivity index (χ2n) is 5.51. The van der Waals surface area contributed by atoms with E-state index >= 15 is 0 Å². The monoisotopic (exact) mass is 281 g/mol. The minimum absolute atomic E-state index is 0.195. The van der Waals surface area contributed by atoms with Crippen molar-refractivity contribution in [3.8, 4) is 0 Å². The number of carbonyl (C=O) groups excluding carboxylic acids is 1. The normalized spacial score (nSPS) is 15.4. The van der Waals surface area contributed by atoms with Gasteiger partial charge >= 0.3 is 5.97 Å². The summed E-state index contributed by atoms with van der Waals surface area (Å²) in [4.78, 5) is 17.2. The van der Waals surface area contributed by atoms with E-state index in [9.17, 15) is 4.79 Å². The first-order valence-corrected chi connectivity index (χ1v) is 7.38. The standard InChI is InChI=1S/C18H19NO2/c20-18(16-9-5-2-6-10-16)21-19-17(15-11-12-15)13-14-7-3-1-4-8-14/h1-10,15,17,19H,11-13H2/t17-/m0/s1. The zero-order valence-corrected chi connectivity index (χ0v) is 11.9. The fourth-order valence-corrected chi connectivity index (χ4v) is 2.43. The molecule has 0 spiro atoms. The van der Waals surface area contributed by atoms with Crippen molar-refractivity contribution < 1.29 is 9.63 Å². The van der Waals surface area contributed by atoms with Crippen LogP contribution in [0.2, 0.25) is 0 Å². The van der Waals surface area contributed by atoms with Gasteiger partial charge in [0.15, 0.2) is 0 Å². The van der Waals surface area contributed by atoms with Gasteiger partial charge in [-0.15, -0.1) is 5.48 Å². The summed E-state index contributed by atoms with van der Waals surface area (Å²) in [6.07, 6.45) is 3.29. The molecule has 0 heterocycles. The van der Waals surface area contributed by atoms with Crippen LogP contribution in [0.4, 0.5) is 0 Å². The second kappa shape index (κ2) is 6.55. The number of hydrogen-bond acceptors (Lipinski definition) is 3. The SMILES string of the molecule is O=C(ON[C@@H](Cc1ccccc1)C1CC1)c1ccccc1. The van der Waals surface area contributed by atoms with Crippen LogP contribution in [-0.4, -0.2) is 12.0 Å². The van der Waals surface area contributed by atoms with Crippen molar-refractivity contribution in [2.75, 3.05) is 0 Å². The molecule has 2 aromatic carbocycles. The molecule has 0 aliphatic heterocycles. The van der Waals surface area contributed by atoms with Crippen LogP contribution in [0.15, 0.2) is 60.7 Å². The van der Waals surface area contributed by atoms with Gasteiger partial charge in [0.05, 0.1) is 5.56 Å². The summed E-state index contributed by atoms with van der Waals surface area (Å²) in [6, 6.07) is 19.6. The van der Waals surface area contributed by atoms with Crippen molar-refractivity contribution in [2.24, 2.45) is 5.92 Å². The van der Waals surface area contributed by atoms with Gasteiger partial charge in [-0.25, -0.2) is 4.79 Å². The summed E-state index contributed by atoms with van der Waals surface area (Å²) in [5, 5.41) is 0. The molecule has 1 fully saturated rings. The van der Waals surface area contributed by atoms with Crippen molar-refractivity contribution in [1.29, 1.82) is 0 Å². The largest absolute Gasteiger partial charge is 0.366 e. The lowest BCUT2D eigenvalue weighted by molar-refractivity contribution is 0.0130. The van der Waals surface area contributed by atoms with Crippen LogP contribution < -0.4 is 5.48 Å². The van der Waals surface area contributed by atoms with Crippen LogP contribution in [0.5, 0.6) is 0 Å². The van der Waals surface area contributed by atoms with Crippen molar-refractivity contribution in [1.82, 2.24) is 5.48 Å². The van der Waals surface area contributed by atoms with Crippen molar-refractivity contribution in [2.45, 2.75) is 25.3 Å². The van der Waals surface area contributed by atoms with Crippen molar-refractivity contribution >= 4 is 5.97 Å². The number of rotatable bonds is 6. The predicted octanol–water partition coefficient (Wildman–Crippen LogP) is 3.37. The van der Waals surface area contributed by atoms with E-state index in [4.69, 9.17) is 4.84 Å². The van der Waals surface area contributed by atoms with Gasteiger partial charge in [-0.3, -0.25) is 0 Å². The number of carbonyl (C=O) groups is 1. The van der Waals surface area contributed by atoms with E-state index in [1.54, 1.807) is 12.1 Å². The first-order chi connectivity index (χ1) is 10.3. The first kappa shape index (κ1) is 13.8. The van der Waals surface area contributed by atoms with Crippen LogP contribution in [0.25, 0.3) is 0 Å². The van der Waals surface area contributed by atoms with Gasteiger partial charge in [-0.1, -0.05) is 48.5 Å². The Morgan fingerprint density at radius 2 is 1.67 bits per heavy atom. The zero-order valence-electron chi connectivity index (χ0n) is 11.9. The van der Waals surface area contributed by atoms with E-state index in [2.05, 4.69) is 17.6 Å². The maximum absolute atomic E-state index is 12.0. The summed E-state index contributed by atoms with van der Waals surface area (Å²) in [7, 11) is 0. The fraction of sp³-hybridized carbons (Fsp3) is 0.278. The Morgan fingerprint density at radius 1 is 1.05 bits per heavy atom. The molecule has 1 atom stereocenters. The molecular weight excluding hydrogens is 262 g/mol. The van der Waals surface area contributed by atoms with E-state index in [0.717, 1.165) is 6.42 Å². The molecule has 1 aliphatic rings. The van der Waals surface area contributed by atoms with E-state index in [1.165, 1.54) is 18.4 Å². The third-order valence-corrected chi connectivity index (χ3v) is 3.80. The van der Waals surface area contributed by atoms with Gasteiger partial charge in [0.25, 0.3) is 0 Å². The lowest BCUT2D eigenvalue weighted by atomic mass is 10.0. The molecule has 0 aromatic heterocycles. The van der Waals surface area contributed by atoms with Crippen molar-refractivity contribution in [3.63, 3.8) is 0 Å². The molecule has 0 radical (unpaired) electrons. The number of hydrogen-bond donors (Lipinski definition) is 1. The van der Waals surface area contributed by atoms with Crippen LogP contribution in [0.3, 0.4) is 0 Å². The summed E-state index contributed by atoms with van der Waals surface area (Å²) in [6.45, 7) is 0. The highest BCUT2D eigenvalue weighted by Gasteiger charge is 2.32. The fourth-order valence-electron chi connectivity index (χ4n) is 2.43. The van der Waals surface area contributed by atoms with Crippen LogP contribution in [-0.2, 0) is 11.3 Å². The van der Waals surface area contributed by atoms with E-state index in [1.807, 2.05) is 36.4 Å². The Labute approximate surface area is 124 Å². The Bertz CT molecular complexity index is 579. The van der Waals surface area contributed by atoms with Gasteiger partial charge < -0.3 is 4.84 Å². The third-order valence-electron chi connectivity index (χ3n) is 3.80. The smallest absolute Gasteiger partial charge is 0.356 e. The van der Waals surface area contributed by atoms with Gasteiger partial charge in [0, 0.05) is 6.04 Å². The number of hydroxylamine groups is 1. The Balaban J connectivity index is 1.57. The molecule has 1 aliphatic carbocycles. The Hall–Kier alpha value is -2.13. The molecule has 3 rings (SSSR count). The quantitative estimate of drug-likeness (QED) is 0.825. The molecule has 3 nitrogen and oxygen atoms in total. The highest BCUT2D eigenvalue weighted by Crippen LogP contribution is 2.34. The van der Waals surface area contributed by atoms with Crippen LogP contribution >= 0.6 is 0 Å². The summed E-state index contributed by atoms with van der Waals surface area (Å²) in [5.74, 6) is 0.281. The third kappa shape index (κ3) is 3.92. The molecule has 2 aromatic rings. The topological polar surface area (TPSA) is 38.3 Å². The van der Waals surface area contributed by atoms with Crippen LogP contribution in [0.1, 0.15) is 28.8 Å². The molecule has 3 heteroatoms. The summed E-state index contributed by atoms with van der Waals surface area (Å²) in [5.41, 5.74) is 4.81. The Kier molecular flexibility index (Phi) is 4.31. The summed E-state index contributed by atoms with van der Waals surface area (Å²) < 4.78 is 0. The lowest BCUT2D eigenvalue weighted by Crippen LogP contribution is -2.35. The second-order valence-corrected chi connectivity index (χ2v) is 5.51. The molecule has 21 heavy (non-hydrogen) atoms. The first-order valence-electron chi connectivity index (χ1n) is 7.38. The van der Waals surface area contributed by atoms with E-state index in [0.29, 0.717) is 11.5 Å². The zero-order chi connectivity index (χ0) is 14.5. The average Bonchev–Trinajstić information content (AvgIpc) is 3.38. The molecule has 108 valence electrons. The highest BCUT2D eigenvalue weighted by molar-refractivity contribution is 5.89. The van der Waals surface area contributed by atoms with E-state index in [-0.39, 0.29) is 12.0 Å². The molecule has 1 N–H and O–H groups in total. The average molecular weight is 281 g/mol. The highest BCUT2D eigenvalue weighted by atomic mass is 16.7. The van der Waals surface area contributed by atoms with Gasteiger partial charge in [0.2, 0.25) is 0 Å². The number of benzene rings is 2. The molecular formula is C18H19NO2. The Morgan fingerprint density at radius 3 is 2.29 bits per heavy atom. The van der Waals surface area contributed by atoms with E-state index < -0.39 is 0 Å². The van der Waals surface area contributed by atoms with Gasteiger partial charge in [-0.05, 0) is 42.9 Å². The number of nitrogens with one attached hydrogen (secondary N) is 1.